The van der Waals surface area contributed by atoms with Crippen molar-refractivity contribution in [2.45, 2.75) is 90.8 Å². The van der Waals surface area contributed by atoms with Crippen LogP contribution in [-0.2, 0) is 19.1 Å². The molecular formula is C34H52N6O5. The fourth-order valence-electron chi connectivity index (χ4n) is 7.32. The maximum absolute atomic E-state index is 12.7. The summed E-state index contributed by atoms with van der Waals surface area (Å²) < 4.78 is 5.55. The molecule has 4 aliphatic rings. The van der Waals surface area contributed by atoms with E-state index < -0.39 is 17.6 Å². The zero-order chi connectivity index (χ0) is 32.5. The molecule has 0 radical (unpaired) electrons. The van der Waals surface area contributed by atoms with Crippen molar-refractivity contribution in [2.24, 2.45) is 11.3 Å². The average Bonchev–Trinajstić information content (AvgIpc) is 2.97. The van der Waals surface area contributed by atoms with Crippen molar-refractivity contribution in [2.75, 3.05) is 67.6 Å². The van der Waals surface area contributed by atoms with Crippen molar-refractivity contribution >= 4 is 41.4 Å². The largest absolute Gasteiger partial charge is 0.444 e. The number of nitrogens with one attached hydrogen (secondary N) is 1. The molecule has 1 aromatic carbocycles. The van der Waals surface area contributed by atoms with E-state index in [1.807, 2.05) is 44.9 Å². The van der Waals surface area contributed by atoms with Gasteiger partial charge in [0.05, 0.1) is 17.1 Å². The van der Waals surface area contributed by atoms with Gasteiger partial charge >= 0.3 is 6.09 Å². The normalized spacial score (nSPS) is 22.7. The van der Waals surface area contributed by atoms with Crippen LogP contribution in [0.25, 0.3) is 0 Å². The first-order valence-corrected chi connectivity index (χ1v) is 16.7. The Morgan fingerprint density at radius 3 is 2.33 bits per heavy atom. The summed E-state index contributed by atoms with van der Waals surface area (Å²) in [5, 5.41) is 2.40. The number of imide groups is 1. The molecule has 4 fully saturated rings. The Balaban J connectivity index is 1.19. The number of benzene rings is 1. The van der Waals surface area contributed by atoms with Gasteiger partial charge in [-0.2, -0.15) is 0 Å². The number of anilines is 3. The van der Waals surface area contributed by atoms with E-state index in [9.17, 15) is 19.2 Å². The van der Waals surface area contributed by atoms with Gasteiger partial charge in [0.15, 0.2) is 0 Å². The maximum atomic E-state index is 12.7. The fourth-order valence-corrected chi connectivity index (χ4v) is 7.32. The van der Waals surface area contributed by atoms with E-state index in [4.69, 9.17) is 4.74 Å². The highest BCUT2D eigenvalue weighted by Crippen LogP contribution is 2.43. The summed E-state index contributed by atoms with van der Waals surface area (Å²) in [5.74, 6) is -0.0985. The molecule has 11 heteroatoms. The van der Waals surface area contributed by atoms with Gasteiger partial charge in [0, 0.05) is 57.6 Å². The third-order valence-electron chi connectivity index (χ3n) is 10.2. The first kappa shape index (κ1) is 33.0. The molecule has 1 unspecified atom stereocenters. The molecule has 11 nitrogen and oxygen atoms in total. The van der Waals surface area contributed by atoms with Crippen molar-refractivity contribution in [3.8, 4) is 0 Å². The summed E-state index contributed by atoms with van der Waals surface area (Å²) >= 11 is 0. The van der Waals surface area contributed by atoms with Crippen LogP contribution in [0.1, 0.15) is 73.1 Å². The van der Waals surface area contributed by atoms with E-state index in [1.54, 1.807) is 0 Å². The van der Waals surface area contributed by atoms with Gasteiger partial charge in [-0.15, -0.1) is 0 Å². The minimum absolute atomic E-state index is 0.173. The Morgan fingerprint density at radius 1 is 1.09 bits per heavy atom. The van der Waals surface area contributed by atoms with E-state index in [0.717, 1.165) is 89.3 Å². The van der Waals surface area contributed by atoms with E-state index in [0.29, 0.717) is 18.0 Å². The molecule has 248 valence electrons. The lowest BCUT2D eigenvalue weighted by atomic mass is 9.72. The van der Waals surface area contributed by atoms with Crippen molar-refractivity contribution in [3.05, 3.63) is 18.2 Å². The smallest absolute Gasteiger partial charge is 0.410 e. The zero-order valence-corrected chi connectivity index (χ0v) is 28.0. The number of rotatable bonds is 8. The summed E-state index contributed by atoms with van der Waals surface area (Å²) in [4.78, 5) is 60.0. The molecule has 4 amide bonds. The molecule has 0 saturated carbocycles. The van der Waals surface area contributed by atoms with E-state index in [2.05, 4.69) is 39.9 Å². The lowest BCUT2D eigenvalue weighted by Gasteiger charge is -2.54. The van der Waals surface area contributed by atoms with Crippen LogP contribution in [0.15, 0.2) is 18.2 Å². The third-order valence-corrected chi connectivity index (χ3v) is 10.2. The number of nitrogens with zero attached hydrogens (tertiary/aromatic N) is 5. The van der Waals surface area contributed by atoms with Crippen LogP contribution in [0.2, 0.25) is 0 Å². The van der Waals surface area contributed by atoms with Crippen molar-refractivity contribution in [1.82, 2.24) is 15.1 Å². The van der Waals surface area contributed by atoms with Crippen LogP contribution in [0.4, 0.5) is 21.9 Å². The molecular weight excluding hydrogens is 572 g/mol. The average molecular weight is 625 g/mol. The monoisotopic (exact) mass is 624 g/mol. The topological polar surface area (TPSA) is 106 Å². The minimum Gasteiger partial charge on any atom is -0.444 e. The second-order valence-corrected chi connectivity index (χ2v) is 14.9. The standard InChI is InChI=1S/C34H52N6O5/c1-24(2)36(6)30-26(8-7-9-27(30)40(23-41)28-10-11-29(42)35-31(28)43)38-16-12-25(13-17-38)20-37-18-14-34(15-19-37)21-39(22-34)32(44)45-33(3,4)5/h7-9,23-25,28H,10-22H2,1-6H3,(H,35,42,43). The highest BCUT2D eigenvalue weighted by molar-refractivity contribution is 6.05. The van der Waals surface area contributed by atoms with E-state index in [-0.39, 0.29) is 29.9 Å². The second kappa shape index (κ2) is 13.2. The van der Waals surface area contributed by atoms with Crippen molar-refractivity contribution in [3.63, 3.8) is 0 Å². The molecule has 1 spiro atoms. The van der Waals surface area contributed by atoms with Gasteiger partial charge in [-0.25, -0.2) is 4.79 Å². The van der Waals surface area contributed by atoms with Gasteiger partial charge in [0.25, 0.3) is 0 Å². The van der Waals surface area contributed by atoms with Crippen molar-refractivity contribution in [1.29, 1.82) is 0 Å². The van der Waals surface area contributed by atoms with Gasteiger partial charge in [-0.05, 0) is 97.9 Å². The van der Waals surface area contributed by atoms with Crippen LogP contribution in [0.5, 0.6) is 0 Å². The molecule has 4 heterocycles. The van der Waals surface area contributed by atoms with Crippen LogP contribution in [-0.4, -0.2) is 105 Å². The molecule has 1 atom stereocenters. The predicted molar refractivity (Wildman–Crippen MR) is 176 cm³/mol. The van der Waals surface area contributed by atoms with Crippen LogP contribution < -0.4 is 20.0 Å². The molecule has 0 aromatic heterocycles. The molecule has 1 N–H and O–H groups in total. The predicted octanol–water partition coefficient (Wildman–Crippen LogP) is 3.85. The Morgan fingerprint density at radius 2 is 1.76 bits per heavy atom. The van der Waals surface area contributed by atoms with Gasteiger partial charge in [-0.3, -0.25) is 19.7 Å². The number of ether oxygens (including phenoxy) is 1. The molecule has 45 heavy (non-hydrogen) atoms. The van der Waals surface area contributed by atoms with Crippen molar-refractivity contribution < 1.29 is 23.9 Å². The lowest BCUT2D eigenvalue weighted by Crippen LogP contribution is -2.62. The zero-order valence-electron chi connectivity index (χ0n) is 28.0. The summed E-state index contributed by atoms with van der Waals surface area (Å²) in [6.45, 7) is 16.7. The minimum atomic E-state index is -0.718. The maximum Gasteiger partial charge on any atom is 0.410 e. The molecule has 0 bridgehead atoms. The van der Waals surface area contributed by atoms with Crippen LogP contribution >= 0.6 is 0 Å². The first-order chi connectivity index (χ1) is 21.3. The molecule has 4 aliphatic heterocycles. The summed E-state index contributed by atoms with van der Waals surface area (Å²) in [5.41, 5.74) is 2.49. The molecule has 4 saturated heterocycles. The van der Waals surface area contributed by atoms with Gasteiger partial charge in [0.1, 0.15) is 11.6 Å². The van der Waals surface area contributed by atoms with Crippen LogP contribution in [0.3, 0.4) is 0 Å². The Bertz CT molecular complexity index is 1250. The number of carbonyl (C=O) groups is 4. The highest BCUT2D eigenvalue weighted by Gasteiger charge is 2.48. The Labute approximate surface area is 268 Å². The molecule has 0 aliphatic carbocycles. The number of hydrogen-bond donors (Lipinski definition) is 1. The Hall–Kier alpha value is -3.34. The number of likely N-dealkylation sites (tertiary alicyclic amines) is 2. The number of piperidine rings is 3. The SMILES string of the molecule is CC(C)N(C)c1c(N2CCC(CN3CCC4(CC3)CN(C(=O)OC(C)(C)C)C4)CC2)cccc1N(C=O)C1CCC(=O)NC1=O. The number of carbonyl (C=O) groups excluding carboxylic acids is 4. The van der Waals surface area contributed by atoms with E-state index in [1.165, 1.54) is 4.90 Å². The molecule has 1 aromatic rings. The fraction of sp³-hybridized carbons (Fsp3) is 0.706. The summed E-state index contributed by atoms with van der Waals surface area (Å²) in [6.07, 6.45) is 5.50. The third kappa shape index (κ3) is 7.39. The number of para-hydroxylation sites is 1. The first-order valence-electron chi connectivity index (χ1n) is 16.7. The number of amides is 4. The van der Waals surface area contributed by atoms with Gasteiger partial charge in [-0.1, -0.05) is 6.07 Å². The van der Waals surface area contributed by atoms with Gasteiger partial charge in [0.2, 0.25) is 18.2 Å². The molecule has 5 rings (SSSR count). The number of hydrogen-bond acceptors (Lipinski definition) is 8. The summed E-state index contributed by atoms with van der Waals surface area (Å²) in [6, 6.07) is 5.44. The van der Waals surface area contributed by atoms with Crippen LogP contribution in [0, 0.1) is 11.3 Å². The highest BCUT2D eigenvalue weighted by atomic mass is 16.6. The Kier molecular flexibility index (Phi) is 9.68. The van der Waals surface area contributed by atoms with Gasteiger partial charge < -0.3 is 29.2 Å². The second-order valence-electron chi connectivity index (χ2n) is 14.9. The van der Waals surface area contributed by atoms with E-state index >= 15 is 0 Å². The quantitative estimate of drug-likeness (QED) is 0.344. The lowest BCUT2D eigenvalue weighted by molar-refractivity contribution is -0.134. The summed E-state index contributed by atoms with van der Waals surface area (Å²) in [7, 11) is 2.03.